The van der Waals surface area contributed by atoms with Crippen molar-refractivity contribution in [1.82, 2.24) is 0 Å². The van der Waals surface area contributed by atoms with Crippen LogP contribution in [0.1, 0.15) is 46.6 Å². The molecule has 0 amide bonds. The Labute approximate surface area is 116 Å². The Kier molecular flexibility index (Phi) is 4.22. The molecule has 0 heterocycles. The maximum Gasteiger partial charge on any atom is 0.0656 e. The molecule has 0 aliphatic carbocycles. The van der Waals surface area contributed by atoms with Gasteiger partial charge in [-0.25, -0.2) is 0 Å². The molecule has 3 heteroatoms. The minimum Gasteiger partial charge on any atom is -0.398 e. The van der Waals surface area contributed by atoms with Gasteiger partial charge in [0.15, 0.2) is 0 Å². The van der Waals surface area contributed by atoms with Gasteiger partial charge in [-0.15, -0.1) is 0 Å². The van der Waals surface area contributed by atoms with E-state index in [1.54, 1.807) is 0 Å². The molecule has 1 aromatic carbocycles. The van der Waals surface area contributed by atoms with Gasteiger partial charge in [0.05, 0.1) is 10.7 Å². The molecule has 0 radical (unpaired) electrons. The normalized spacial score (nSPS) is 12.6. The second kappa shape index (κ2) is 5.00. The number of hydrogen-bond donors (Lipinski definition) is 2. The molecule has 0 bridgehead atoms. The van der Waals surface area contributed by atoms with Crippen molar-refractivity contribution in [2.24, 2.45) is 5.41 Å². The second-order valence-corrected chi connectivity index (χ2v) is 7.34. The lowest BCUT2D eigenvalue weighted by Crippen LogP contribution is -2.35. The number of nitrogens with one attached hydrogen (secondary N) is 1. The third kappa shape index (κ3) is 4.41. The lowest BCUT2D eigenvalue weighted by atomic mass is 9.81. The van der Waals surface area contributed by atoms with Gasteiger partial charge in [0, 0.05) is 11.2 Å². The summed E-state index contributed by atoms with van der Waals surface area (Å²) in [5.41, 5.74) is 8.91. The molecule has 0 aromatic heterocycles. The van der Waals surface area contributed by atoms with Gasteiger partial charge in [-0.05, 0) is 50.3 Å². The Morgan fingerprint density at radius 2 is 1.72 bits per heavy atom. The molecule has 18 heavy (non-hydrogen) atoms. The highest BCUT2D eigenvalue weighted by Gasteiger charge is 2.25. The van der Waals surface area contributed by atoms with E-state index < -0.39 is 0 Å². The minimum absolute atomic E-state index is 0.0163. The zero-order chi connectivity index (χ0) is 14.1. The van der Waals surface area contributed by atoms with Crippen LogP contribution >= 0.6 is 11.6 Å². The zero-order valence-corrected chi connectivity index (χ0v) is 13.1. The fourth-order valence-electron chi connectivity index (χ4n) is 2.57. The number of anilines is 2. The number of halogens is 1. The molecule has 0 saturated carbocycles. The van der Waals surface area contributed by atoms with E-state index in [1.807, 2.05) is 19.1 Å². The lowest BCUT2D eigenvalue weighted by Gasteiger charge is -2.34. The fraction of sp³-hybridized carbons (Fsp3) is 0.600. The van der Waals surface area contributed by atoms with Crippen molar-refractivity contribution in [3.05, 3.63) is 22.7 Å². The smallest absolute Gasteiger partial charge is 0.0656 e. The van der Waals surface area contributed by atoms with Crippen molar-refractivity contribution in [1.29, 1.82) is 0 Å². The van der Waals surface area contributed by atoms with Crippen LogP contribution in [-0.2, 0) is 0 Å². The number of nitrogen functional groups attached to an aromatic ring is 1. The number of rotatable bonds is 3. The Bertz CT molecular complexity index is 431. The summed E-state index contributed by atoms with van der Waals surface area (Å²) >= 11 is 6.08. The van der Waals surface area contributed by atoms with Crippen LogP contribution in [0.5, 0.6) is 0 Å². The SMILES string of the molecule is Cc1cc(N)c(Cl)cc1NC(C)(C)CC(C)(C)C. The van der Waals surface area contributed by atoms with Crippen LogP contribution in [0.15, 0.2) is 12.1 Å². The standard InChI is InChI=1S/C15H25ClN2/c1-10-7-12(17)11(16)8-13(10)18-15(5,6)9-14(2,3)4/h7-8,18H,9,17H2,1-6H3. The Morgan fingerprint density at radius 3 is 2.22 bits per heavy atom. The summed E-state index contributed by atoms with van der Waals surface area (Å²) in [4.78, 5) is 0. The number of hydrogen-bond acceptors (Lipinski definition) is 2. The quantitative estimate of drug-likeness (QED) is 0.769. The van der Waals surface area contributed by atoms with Crippen molar-refractivity contribution in [3.63, 3.8) is 0 Å². The third-order valence-corrected chi connectivity index (χ3v) is 3.12. The van der Waals surface area contributed by atoms with Crippen molar-refractivity contribution in [3.8, 4) is 0 Å². The van der Waals surface area contributed by atoms with E-state index in [9.17, 15) is 0 Å². The van der Waals surface area contributed by atoms with E-state index in [4.69, 9.17) is 17.3 Å². The van der Waals surface area contributed by atoms with Gasteiger partial charge in [-0.2, -0.15) is 0 Å². The minimum atomic E-state index is 0.0163. The molecule has 2 nitrogen and oxygen atoms in total. The van der Waals surface area contributed by atoms with E-state index in [2.05, 4.69) is 39.9 Å². The van der Waals surface area contributed by atoms with Crippen LogP contribution in [-0.4, -0.2) is 5.54 Å². The largest absolute Gasteiger partial charge is 0.398 e. The molecule has 102 valence electrons. The molecule has 0 fully saturated rings. The first-order valence-electron chi connectivity index (χ1n) is 6.34. The van der Waals surface area contributed by atoms with Gasteiger partial charge in [-0.1, -0.05) is 32.4 Å². The van der Waals surface area contributed by atoms with E-state index in [0.717, 1.165) is 17.7 Å². The highest BCUT2D eigenvalue weighted by molar-refractivity contribution is 6.33. The maximum absolute atomic E-state index is 6.08. The Hall–Kier alpha value is -0.890. The molecule has 0 aliphatic heterocycles. The highest BCUT2D eigenvalue weighted by Crippen LogP contribution is 2.33. The molecule has 3 N–H and O–H groups in total. The number of aryl methyl sites for hydroxylation is 1. The number of nitrogens with two attached hydrogens (primary N) is 1. The summed E-state index contributed by atoms with van der Waals surface area (Å²) in [5, 5.41) is 4.18. The molecule has 0 spiro atoms. The van der Waals surface area contributed by atoms with Crippen LogP contribution in [0.4, 0.5) is 11.4 Å². The predicted octanol–water partition coefficient (Wildman–Crippen LogP) is 4.86. The van der Waals surface area contributed by atoms with E-state index in [1.165, 1.54) is 0 Å². The van der Waals surface area contributed by atoms with E-state index in [0.29, 0.717) is 10.7 Å². The van der Waals surface area contributed by atoms with Gasteiger partial charge in [0.1, 0.15) is 0 Å². The molecular weight excluding hydrogens is 244 g/mol. The van der Waals surface area contributed by atoms with Crippen LogP contribution in [0.2, 0.25) is 5.02 Å². The second-order valence-electron chi connectivity index (χ2n) is 6.93. The molecule has 1 aromatic rings. The van der Waals surface area contributed by atoms with Gasteiger partial charge in [-0.3, -0.25) is 0 Å². The van der Waals surface area contributed by atoms with Gasteiger partial charge >= 0.3 is 0 Å². The van der Waals surface area contributed by atoms with Gasteiger partial charge in [0.2, 0.25) is 0 Å². The van der Waals surface area contributed by atoms with E-state index in [-0.39, 0.29) is 11.0 Å². The summed E-state index contributed by atoms with van der Waals surface area (Å²) < 4.78 is 0. The summed E-state index contributed by atoms with van der Waals surface area (Å²) in [7, 11) is 0. The summed E-state index contributed by atoms with van der Waals surface area (Å²) in [6.07, 6.45) is 1.07. The fourth-order valence-corrected chi connectivity index (χ4v) is 2.74. The average molecular weight is 269 g/mol. The zero-order valence-electron chi connectivity index (χ0n) is 12.3. The van der Waals surface area contributed by atoms with Crippen molar-refractivity contribution in [2.75, 3.05) is 11.1 Å². The van der Waals surface area contributed by atoms with Crippen LogP contribution in [0.3, 0.4) is 0 Å². The third-order valence-electron chi connectivity index (χ3n) is 2.79. The maximum atomic E-state index is 6.08. The van der Waals surface area contributed by atoms with Crippen LogP contribution in [0.25, 0.3) is 0 Å². The molecule has 1 rings (SSSR count). The van der Waals surface area contributed by atoms with Crippen molar-refractivity contribution in [2.45, 2.75) is 53.5 Å². The molecular formula is C15H25ClN2. The van der Waals surface area contributed by atoms with Crippen molar-refractivity contribution < 1.29 is 0 Å². The number of benzene rings is 1. The van der Waals surface area contributed by atoms with Crippen molar-refractivity contribution >= 4 is 23.0 Å². The Balaban J connectivity index is 2.94. The van der Waals surface area contributed by atoms with E-state index >= 15 is 0 Å². The molecule has 0 saturated heterocycles. The monoisotopic (exact) mass is 268 g/mol. The average Bonchev–Trinajstić information content (AvgIpc) is 2.09. The molecule has 0 atom stereocenters. The molecule has 0 unspecified atom stereocenters. The predicted molar refractivity (Wildman–Crippen MR) is 82.4 cm³/mol. The lowest BCUT2D eigenvalue weighted by molar-refractivity contribution is 0.302. The first-order chi connectivity index (χ1) is 8.00. The van der Waals surface area contributed by atoms with Crippen LogP contribution < -0.4 is 11.1 Å². The Morgan fingerprint density at radius 1 is 1.17 bits per heavy atom. The summed E-state index contributed by atoms with van der Waals surface area (Å²) in [6.45, 7) is 13.2. The molecule has 0 aliphatic rings. The van der Waals surface area contributed by atoms with Gasteiger partial charge in [0.25, 0.3) is 0 Å². The van der Waals surface area contributed by atoms with Gasteiger partial charge < -0.3 is 11.1 Å². The summed E-state index contributed by atoms with van der Waals surface area (Å²) in [6, 6.07) is 3.83. The first-order valence-corrected chi connectivity index (χ1v) is 6.72. The van der Waals surface area contributed by atoms with Crippen LogP contribution in [0, 0.1) is 12.3 Å². The first kappa shape index (κ1) is 15.2. The summed E-state index contributed by atoms with van der Waals surface area (Å²) in [5.74, 6) is 0. The topological polar surface area (TPSA) is 38.0 Å². The highest BCUT2D eigenvalue weighted by atomic mass is 35.5.